The van der Waals surface area contributed by atoms with Crippen LogP contribution in [0.4, 0.5) is 8.78 Å². The Morgan fingerprint density at radius 3 is 2.81 bits per heavy atom. The molecule has 2 aromatic rings. The minimum atomic E-state index is -2.87. The van der Waals surface area contributed by atoms with Crippen LogP contribution in [0, 0.1) is 0 Å². The van der Waals surface area contributed by atoms with Gasteiger partial charge in [-0.15, -0.1) is 12.4 Å². The van der Waals surface area contributed by atoms with E-state index in [4.69, 9.17) is 4.74 Å². The lowest BCUT2D eigenvalue weighted by Crippen LogP contribution is -2.46. The van der Waals surface area contributed by atoms with Gasteiger partial charge in [0.15, 0.2) is 11.5 Å². The molecule has 144 valence electrons. The van der Waals surface area contributed by atoms with E-state index >= 15 is 0 Å². The van der Waals surface area contributed by atoms with Crippen LogP contribution < -0.4 is 14.8 Å². The van der Waals surface area contributed by atoms with Crippen LogP contribution in [0.5, 0.6) is 11.5 Å². The quantitative estimate of drug-likeness (QED) is 0.824. The van der Waals surface area contributed by atoms with Gasteiger partial charge in [0, 0.05) is 45.6 Å². The van der Waals surface area contributed by atoms with Crippen LogP contribution in [0.1, 0.15) is 17.4 Å². The molecule has 1 unspecified atom stereocenters. The molecule has 6 nitrogen and oxygen atoms in total. The predicted molar refractivity (Wildman–Crippen MR) is 96.1 cm³/mol. The number of aromatic nitrogens is 2. The molecule has 1 fully saturated rings. The third kappa shape index (κ3) is 4.63. The number of aryl methyl sites for hydroxylation is 1. The van der Waals surface area contributed by atoms with Gasteiger partial charge in [-0.3, -0.25) is 4.90 Å². The van der Waals surface area contributed by atoms with Gasteiger partial charge in [0.25, 0.3) is 0 Å². The first-order valence-corrected chi connectivity index (χ1v) is 8.12. The lowest BCUT2D eigenvalue weighted by Gasteiger charge is -2.35. The lowest BCUT2D eigenvalue weighted by atomic mass is 10.1. The van der Waals surface area contributed by atoms with E-state index in [1.54, 1.807) is 18.3 Å². The number of ether oxygens (including phenoxy) is 2. The molecule has 1 aliphatic rings. The first-order chi connectivity index (χ1) is 12.1. The number of hydrogen-bond acceptors (Lipinski definition) is 5. The average molecular weight is 389 g/mol. The molecule has 0 saturated carbocycles. The van der Waals surface area contributed by atoms with E-state index in [1.807, 2.05) is 17.8 Å². The third-order valence-corrected chi connectivity index (χ3v) is 4.34. The summed E-state index contributed by atoms with van der Waals surface area (Å²) in [6.45, 7) is 0.375. The van der Waals surface area contributed by atoms with Gasteiger partial charge < -0.3 is 19.4 Å². The third-order valence-electron chi connectivity index (χ3n) is 4.34. The number of nitrogens with one attached hydrogen (secondary N) is 1. The Bertz CT molecular complexity index is 714. The van der Waals surface area contributed by atoms with Crippen LogP contribution >= 0.6 is 12.4 Å². The molecule has 1 atom stereocenters. The van der Waals surface area contributed by atoms with Crippen molar-refractivity contribution in [2.45, 2.75) is 19.2 Å². The van der Waals surface area contributed by atoms with Crippen molar-refractivity contribution in [1.29, 1.82) is 0 Å². The van der Waals surface area contributed by atoms with Gasteiger partial charge in [-0.1, -0.05) is 6.07 Å². The monoisotopic (exact) mass is 388 g/mol. The molecule has 9 heteroatoms. The Labute approximate surface area is 157 Å². The Balaban J connectivity index is 0.00000243. The fourth-order valence-electron chi connectivity index (χ4n) is 3.13. The molecular weight excluding hydrogens is 366 g/mol. The second kappa shape index (κ2) is 9.16. The van der Waals surface area contributed by atoms with Crippen molar-refractivity contribution < 1.29 is 18.3 Å². The number of alkyl halides is 2. The molecule has 1 N–H and O–H groups in total. The summed E-state index contributed by atoms with van der Waals surface area (Å²) in [6.07, 6.45) is 3.73. The van der Waals surface area contributed by atoms with E-state index in [0.717, 1.165) is 31.0 Å². The van der Waals surface area contributed by atoms with E-state index < -0.39 is 6.61 Å². The summed E-state index contributed by atoms with van der Waals surface area (Å²) in [7, 11) is 3.42. The van der Waals surface area contributed by atoms with Crippen molar-refractivity contribution >= 4 is 12.4 Å². The maximum atomic E-state index is 12.5. The zero-order chi connectivity index (χ0) is 17.8. The number of nitrogens with zero attached hydrogens (tertiary/aromatic N) is 3. The molecule has 0 aliphatic carbocycles. The molecule has 1 saturated heterocycles. The van der Waals surface area contributed by atoms with E-state index in [-0.39, 0.29) is 24.2 Å². The minimum absolute atomic E-state index is 0. The second-order valence-corrected chi connectivity index (χ2v) is 5.95. The van der Waals surface area contributed by atoms with Crippen LogP contribution in [-0.2, 0) is 13.6 Å². The largest absolute Gasteiger partial charge is 0.493 e. The maximum absolute atomic E-state index is 12.5. The smallest absolute Gasteiger partial charge is 0.387 e. The number of methoxy groups -OCH3 is 1. The topological polar surface area (TPSA) is 51.5 Å². The van der Waals surface area contributed by atoms with Crippen molar-refractivity contribution in [2.24, 2.45) is 7.05 Å². The molecule has 1 aromatic carbocycles. The minimum Gasteiger partial charge on any atom is -0.493 e. The highest BCUT2D eigenvalue weighted by molar-refractivity contribution is 5.85. The molecule has 1 aliphatic heterocycles. The number of imidazole rings is 1. The number of benzene rings is 1. The Kier molecular flexibility index (Phi) is 7.19. The van der Waals surface area contributed by atoms with Crippen LogP contribution in [0.25, 0.3) is 0 Å². The van der Waals surface area contributed by atoms with Crippen molar-refractivity contribution in [3.8, 4) is 11.5 Å². The number of hydrogen-bond donors (Lipinski definition) is 1. The van der Waals surface area contributed by atoms with Crippen LogP contribution in [0.2, 0.25) is 0 Å². The maximum Gasteiger partial charge on any atom is 0.387 e. The van der Waals surface area contributed by atoms with Crippen molar-refractivity contribution in [2.75, 3.05) is 26.7 Å². The molecular formula is C17H23ClF2N4O2. The summed E-state index contributed by atoms with van der Waals surface area (Å²) < 4.78 is 36.6. The van der Waals surface area contributed by atoms with E-state index in [9.17, 15) is 8.78 Å². The SMILES string of the molecule is COc1cc(CN2CCNCC2c2nccn2C)ccc1OC(F)F.Cl. The van der Waals surface area contributed by atoms with Gasteiger partial charge in [0.2, 0.25) is 0 Å². The van der Waals surface area contributed by atoms with Crippen LogP contribution in [0.15, 0.2) is 30.6 Å². The summed E-state index contributed by atoms with van der Waals surface area (Å²) >= 11 is 0. The van der Waals surface area contributed by atoms with Crippen LogP contribution in [-0.4, -0.2) is 47.8 Å². The highest BCUT2D eigenvalue weighted by Gasteiger charge is 2.27. The Morgan fingerprint density at radius 1 is 1.35 bits per heavy atom. The van der Waals surface area contributed by atoms with Crippen molar-refractivity contribution in [3.63, 3.8) is 0 Å². The fourth-order valence-corrected chi connectivity index (χ4v) is 3.13. The van der Waals surface area contributed by atoms with E-state index in [1.165, 1.54) is 13.2 Å². The molecule has 0 amide bonds. The van der Waals surface area contributed by atoms with Gasteiger partial charge in [-0.25, -0.2) is 4.98 Å². The Hall–Kier alpha value is -1.90. The van der Waals surface area contributed by atoms with Gasteiger partial charge in [-0.2, -0.15) is 8.78 Å². The second-order valence-electron chi connectivity index (χ2n) is 5.95. The molecule has 0 spiro atoms. The first kappa shape index (κ1) is 20.4. The van der Waals surface area contributed by atoms with E-state index in [2.05, 4.69) is 19.9 Å². The van der Waals surface area contributed by atoms with Crippen LogP contribution in [0.3, 0.4) is 0 Å². The molecule has 2 heterocycles. The molecule has 0 radical (unpaired) electrons. The lowest BCUT2D eigenvalue weighted by molar-refractivity contribution is -0.0512. The summed E-state index contributed by atoms with van der Waals surface area (Å²) in [4.78, 5) is 6.79. The fraction of sp³-hybridized carbons (Fsp3) is 0.471. The number of halogens is 3. The van der Waals surface area contributed by atoms with E-state index in [0.29, 0.717) is 12.3 Å². The first-order valence-electron chi connectivity index (χ1n) is 8.12. The summed E-state index contributed by atoms with van der Waals surface area (Å²) in [5.41, 5.74) is 0.972. The van der Waals surface area contributed by atoms with Crippen molar-refractivity contribution in [3.05, 3.63) is 42.0 Å². The summed E-state index contributed by atoms with van der Waals surface area (Å²) in [6, 6.07) is 5.21. The zero-order valence-electron chi connectivity index (χ0n) is 14.7. The highest BCUT2D eigenvalue weighted by atomic mass is 35.5. The van der Waals surface area contributed by atoms with Gasteiger partial charge >= 0.3 is 6.61 Å². The summed E-state index contributed by atoms with van der Waals surface area (Å²) in [5, 5.41) is 3.40. The number of rotatable bonds is 6. The standard InChI is InChI=1S/C17H22F2N4O2.ClH/c1-22-7-6-21-16(22)13-10-20-5-8-23(13)11-12-3-4-14(25-17(18)19)15(9-12)24-2;/h3-4,6-7,9,13,17,20H,5,8,10-11H2,1-2H3;1H. The Morgan fingerprint density at radius 2 is 2.15 bits per heavy atom. The molecule has 0 bridgehead atoms. The number of piperazine rings is 1. The molecule has 26 heavy (non-hydrogen) atoms. The highest BCUT2D eigenvalue weighted by Crippen LogP contribution is 2.31. The normalized spacial score (nSPS) is 17.8. The van der Waals surface area contributed by atoms with Crippen molar-refractivity contribution in [1.82, 2.24) is 19.8 Å². The summed E-state index contributed by atoms with van der Waals surface area (Å²) in [5.74, 6) is 1.35. The van der Waals surface area contributed by atoms with Gasteiger partial charge in [0.05, 0.1) is 13.2 Å². The van der Waals surface area contributed by atoms with Gasteiger partial charge in [0.1, 0.15) is 5.82 Å². The van der Waals surface area contributed by atoms with Gasteiger partial charge in [-0.05, 0) is 17.7 Å². The molecule has 1 aromatic heterocycles. The molecule has 3 rings (SSSR count). The predicted octanol–water partition coefficient (Wildman–Crippen LogP) is 2.60. The zero-order valence-corrected chi connectivity index (χ0v) is 15.5. The average Bonchev–Trinajstić information content (AvgIpc) is 3.02.